The third-order valence-corrected chi connectivity index (χ3v) is 6.57. The molecule has 168 valence electrons. The summed E-state index contributed by atoms with van der Waals surface area (Å²) in [6, 6.07) is 10.2. The Hall–Kier alpha value is -2.77. The first-order chi connectivity index (χ1) is 15.5. The third kappa shape index (κ3) is 3.80. The molecule has 0 spiro atoms. The molecule has 7 nitrogen and oxygen atoms in total. The van der Waals surface area contributed by atoms with E-state index in [1.54, 1.807) is 6.20 Å². The number of aromatic nitrogens is 3. The van der Waals surface area contributed by atoms with Crippen LogP contribution >= 0.6 is 0 Å². The van der Waals surface area contributed by atoms with Crippen molar-refractivity contribution in [2.45, 2.75) is 45.9 Å². The van der Waals surface area contributed by atoms with E-state index in [2.05, 4.69) is 38.0 Å². The van der Waals surface area contributed by atoms with Gasteiger partial charge in [-0.15, -0.1) is 0 Å². The molecule has 2 fully saturated rings. The highest BCUT2D eigenvalue weighted by atomic mass is 16.7. The molecule has 2 aliphatic rings. The van der Waals surface area contributed by atoms with Crippen molar-refractivity contribution in [3.63, 3.8) is 0 Å². The fourth-order valence-corrected chi connectivity index (χ4v) is 4.77. The second kappa shape index (κ2) is 8.64. The lowest BCUT2D eigenvalue weighted by molar-refractivity contribution is -0.0956. The average Bonchev–Trinajstić information content (AvgIpc) is 3.49. The monoisotopic (exact) mass is 434 g/mol. The summed E-state index contributed by atoms with van der Waals surface area (Å²) in [5.41, 5.74) is 4.41. The van der Waals surface area contributed by atoms with E-state index in [1.165, 1.54) is 0 Å². The number of pyridine rings is 1. The maximum Gasteiger partial charge on any atom is 0.254 e. The third-order valence-electron chi connectivity index (χ3n) is 6.57. The quantitative estimate of drug-likeness (QED) is 0.615. The van der Waals surface area contributed by atoms with Crippen molar-refractivity contribution < 1.29 is 14.3 Å². The summed E-state index contributed by atoms with van der Waals surface area (Å²) >= 11 is 0. The molecular formula is C25H30N4O3. The number of fused-ring (bicyclic) bond motifs is 1. The highest BCUT2D eigenvalue weighted by Gasteiger charge is 2.33. The number of ether oxygens (including phenoxy) is 2. The molecule has 0 aliphatic carbocycles. The molecule has 1 aromatic carbocycles. The molecule has 7 heteroatoms. The summed E-state index contributed by atoms with van der Waals surface area (Å²) in [7, 11) is 0. The smallest absolute Gasteiger partial charge is 0.254 e. The van der Waals surface area contributed by atoms with Crippen molar-refractivity contribution in [1.82, 2.24) is 19.7 Å². The van der Waals surface area contributed by atoms with Gasteiger partial charge in [-0.1, -0.05) is 24.3 Å². The molecule has 0 unspecified atom stereocenters. The average molecular weight is 435 g/mol. The number of piperidine rings is 1. The van der Waals surface area contributed by atoms with Gasteiger partial charge in [-0.3, -0.25) is 4.79 Å². The van der Waals surface area contributed by atoms with E-state index in [0.29, 0.717) is 37.8 Å². The van der Waals surface area contributed by atoms with Crippen LogP contribution in [0, 0.1) is 12.8 Å². The Balaban J connectivity index is 1.50. The summed E-state index contributed by atoms with van der Waals surface area (Å²) in [5, 5.41) is 5.37. The first-order valence-corrected chi connectivity index (χ1v) is 11.5. The van der Waals surface area contributed by atoms with Gasteiger partial charge >= 0.3 is 0 Å². The Morgan fingerprint density at radius 3 is 2.53 bits per heavy atom. The number of carbonyl (C=O) groups excluding carboxylic acids is 1. The minimum atomic E-state index is -0.114. The molecule has 4 heterocycles. The van der Waals surface area contributed by atoms with Crippen LogP contribution in [0.1, 0.15) is 48.7 Å². The van der Waals surface area contributed by atoms with E-state index < -0.39 is 0 Å². The Morgan fingerprint density at radius 1 is 1.12 bits per heavy atom. The number of carbonyl (C=O) groups is 1. The normalized spacial score (nSPS) is 18.2. The minimum Gasteiger partial charge on any atom is -0.350 e. The number of nitrogens with zero attached hydrogens (tertiary/aromatic N) is 4. The lowest BCUT2D eigenvalue weighted by Gasteiger charge is -2.34. The zero-order chi connectivity index (χ0) is 22.2. The van der Waals surface area contributed by atoms with Gasteiger partial charge in [0, 0.05) is 30.6 Å². The van der Waals surface area contributed by atoms with E-state index in [-0.39, 0.29) is 18.2 Å². The van der Waals surface area contributed by atoms with Crippen LogP contribution in [0.3, 0.4) is 0 Å². The standard InChI is InChI=1S/C25H30N4O3/c1-16(2)29-23-21(15-26-29)20(14-22(27-23)19-7-5-4-6-17(19)3)24(30)28-10-8-18(9-11-28)25-31-12-13-32-25/h4-7,14-16,18,25H,8-13H2,1-3H3. The number of rotatable bonds is 4. The summed E-state index contributed by atoms with van der Waals surface area (Å²) in [4.78, 5) is 20.6. The summed E-state index contributed by atoms with van der Waals surface area (Å²) < 4.78 is 13.3. The molecule has 2 saturated heterocycles. The number of hydrogen-bond donors (Lipinski definition) is 0. The van der Waals surface area contributed by atoms with Crippen LogP contribution in [0.25, 0.3) is 22.3 Å². The summed E-state index contributed by atoms with van der Waals surface area (Å²) in [6.45, 7) is 8.96. The van der Waals surface area contributed by atoms with Crippen molar-refractivity contribution in [2.24, 2.45) is 5.92 Å². The molecule has 3 aromatic rings. The molecule has 5 rings (SSSR count). The number of benzene rings is 1. The predicted molar refractivity (Wildman–Crippen MR) is 122 cm³/mol. The topological polar surface area (TPSA) is 69.5 Å². The van der Waals surface area contributed by atoms with Gasteiger partial charge in [-0.05, 0) is 45.2 Å². The van der Waals surface area contributed by atoms with Gasteiger partial charge in [-0.2, -0.15) is 5.10 Å². The largest absolute Gasteiger partial charge is 0.350 e. The zero-order valence-electron chi connectivity index (χ0n) is 19.0. The Kier molecular flexibility index (Phi) is 5.69. The van der Waals surface area contributed by atoms with Crippen molar-refractivity contribution >= 4 is 16.9 Å². The molecule has 2 aliphatic heterocycles. The number of amides is 1. The fourth-order valence-electron chi connectivity index (χ4n) is 4.77. The minimum absolute atomic E-state index is 0.0437. The van der Waals surface area contributed by atoms with Crippen molar-refractivity contribution in [3.8, 4) is 11.3 Å². The maximum atomic E-state index is 13.7. The van der Waals surface area contributed by atoms with Crippen LogP contribution < -0.4 is 0 Å². The number of likely N-dealkylation sites (tertiary alicyclic amines) is 1. The van der Waals surface area contributed by atoms with E-state index in [1.807, 2.05) is 27.8 Å². The molecule has 1 amide bonds. The molecular weight excluding hydrogens is 404 g/mol. The van der Waals surface area contributed by atoms with E-state index in [0.717, 1.165) is 40.7 Å². The second-order valence-electron chi connectivity index (χ2n) is 9.03. The van der Waals surface area contributed by atoms with Gasteiger partial charge in [0.15, 0.2) is 11.9 Å². The highest BCUT2D eigenvalue weighted by molar-refractivity contribution is 6.06. The van der Waals surface area contributed by atoms with Crippen LogP contribution in [-0.4, -0.2) is 58.2 Å². The molecule has 0 N–H and O–H groups in total. The van der Waals surface area contributed by atoms with Gasteiger partial charge in [0.05, 0.1) is 36.1 Å². The van der Waals surface area contributed by atoms with Crippen LogP contribution in [0.4, 0.5) is 0 Å². The van der Waals surface area contributed by atoms with Crippen LogP contribution in [-0.2, 0) is 9.47 Å². The van der Waals surface area contributed by atoms with Gasteiger partial charge in [0.25, 0.3) is 5.91 Å². The Morgan fingerprint density at radius 2 is 1.84 bits per heavy atom. The molecule has 32 heavy (non-hydrogen) atoms. The molecule has 0 bridgehead atoms. The molecule has 2 aromatic heterocycles. The SMILES string of the molecule is Cc1ccccc1-c1cc(C(=O)N2CCC(C3OCCO3)CC2)c2cnn(C(C)C)c2n1. The van der Waals surface area contributed by atoms with Gasteiger partial charge in [0.2, 0.25) is 0 Å². The first kappa shape index (κ1) is 21.1. The number of hydrogen-bond acceptors (Lipinski definition) is 5. The van der Waals surface area contributed by atoms with E-state index >= 15 is 0 Å². The van der Waals surface area contributed by atoms with Gasteiger partial charge in [0.1, 0.15) is 0 Å². The first-order valence-electron chi connectivity index (χ1n) is 11.5. The van der Waals surface area contributed by atoms with Crippen molar-refractivity contribution in [1.29, 1.82) is 0 Å². The van der Waals surface area contributed by atoms with Crippen LogP contribution in [0.15, 0.2) is 36.5 Å². The summed E-state index contributed by atoms with van der Waals surface area (Å²) in [6.07, 6.45) is 3.45. The molecule has 0 radical (unpaired) electrons. The second-order valence-corrected chi connectivity index (χ2v) is 9.03. The molecule has 0 saturated carbocycles. The lowest BCUT2D eigenvalue weighted by Crippen LogP contribution is -2.41. The van der Waals surface area contributed by atoms with Crippen molar-refractivity contribution in [3.05, 3.63) is 47.7 Å². The fraction of sp³-hybridized carbons (Fsp3) is 0.480. The summed E-state index contributed by atoms with van der Waals surface area (Å²) in [5.74, 6) is 0.396. The van der Waals surface area contributed by atoms with Crippen LogP contribution in [0.5, 0.6) is 0 Å². The predicted octanol–water partition coefficient (Wildman–Crippen LogP) is 4.21. The Bertz CT molecular complexity index is 1130. The molecule has 0 atom stereocenters. The van der Waals surface area contributed by atoms with Gasteiger partial charge in [-0.25, -0.2) is 9.67 Å². The lowest BCUT2D eigenvalue weighted by atomic mass is 9.95. The maximum absolute atomic E-state index is 13.7. The zero-order valence-corrected chi connectivity index (χ0v) is 19.0. The van der Waals surface area contributed by atoms with Crippen molar-refractivity contribution in [2.75, 3.05) is 26.3 Å². The highest BCUT2D eigenvalue weighted by Crippen LogP contribution is 2.31. The van der Waals surface area contributed by atoms with E-state index in [4.69, 9.17) is 14.5 Å². The van der Waals surface area contributed by atoms with Crippen LogP contribution in [0.2, 0.25) is 0 Å². The number of aryl methyl sites for hydroxylation is 1. The van der Waals surface area contributed by atoms with E-state index in [9.17, 15) is 4.79 Å². The Labute approximate surface area is 188 Å². The van der Waals surface area contributed by atoms with Gasteiger partial charge < -0.3 is 14.4 Å².